The first-order valence-electron chi connectivity index (χ1n) is 3.28. The van der Waals surface area contributed by atoms with E-state index >= 15 is 0 Å². The molecule has 0 aromatic heterocycles. The van der Waals surface area contributed by atoms with Crippen molar-refractivity contribution in [2.75, 3.05) is 4.72 Å². The van der Waals surface area contributed by atoms with Crippen LogP contribution in [-0.2, 0) is 17.9 Å². The maximum Gasteiger partial charge on any atom is 0.0702 e. The molecule has 67 valence electrons. The molecule has 13 heavy (non-hydrogen) atoms. The third-order valence-electron chi connectivity index (χ3n) is 1.38. The quantitative estimate of drug-likeness (QED) is 0.544. The van der Waals surface area contributed by atoms with E-state index in [1.54, 1.807) is 24.3 Å². The van der Waals surface area contributed by atoms with Crippen LogP contribution in [0.3, 0.4) is 0 Å². The third kappa shape index (κ3) is 4.21. The standard InChI is InChI=1S/C7H9NO3S.Na/c9-5-6-3-1-2-4-7(6)8-12(10)11;/h1-4,8-9H,5H2,(H,10,11);/p-1. The first-order chi connectivity index (χ1) is 5.74. The molecule has 0 fully saturated rings. The van der Waals surface area contributed by atoms with Gasteiger partial charge in [-0.05, 0) is 6.07 Å². The number of hydrogen-bond acceptors (Lipinski definition) is 3. The van der Waals surface area contributed by atoms with E-state index < -0.39 is 11.3 Å². The second-order valence-corrected chi connectivity index (χ2v) is 2.83. The molecule has 0 aliphatic heterocycles. The van der Waals surface area contributed by atoms with Crippen LogP contribution >= 0.6 is 0 Å². The Balaban J connectivity index is 0.00000144. The fraction of sp³-hybridized carbons (Fsp3) is 0.143. The van der Waals surface area contributed by atoms with E-state index in [9.17, 15) is 8.76 Å². The Morgan fingerprint density at radius 2 is 2.08 bits per heavy atom. The van der Waals surface area contributed by atoms with E-state index in [-0.39, 0.29) is 36.2 Å². The fourth-order valence-electron chi connectivity index (χ4n) is 0.848. The summed E-state index contributed by atoms with van der Waals surface area (Å²) < 4.78 is 22.7. The number of nitrogens with one attached hydrogen (secondary N) is 1. The maximum atomic E-state index is 10.2. The van der Waals surface area contributed by atoms with Gasteiger partial charge in [-0.15, -0.1) is 0 Å². The molecule has 0 heterocycles. The van der Waals surface area contributed by atoms with Gasteiger partial charge in [0.05, 0.1) is 12.3 Å². The summed E-state index contributed by atoms with van der Waals surface area (Å²) in [6.07, 6.45) is 0. The summed E-state index contributed by atoms with van der Waals surface area (Å²) in [7, 11) is 0. The molecule has 1 radical (unpaired) electrons. The van der Waals surface area contributed by atoms with Crippen molar-refractivity contribution < 1.29 is 13.9 Å². The Morgan fingerprint density at radius 3 is 2.62 bits per heavy atom. The van der Waals surface area contributed by atoms with Crippen LogP contribution in [0, 0.1) is 0 Å². The van der Waals surface area contributed by atoms with E-state index in [1.807, 2.05) is 0 Å². The zero-order chi connectivity index (χ0) is 8.97. The van der Waals surface area contributed by atoms with Crippen molar-refractivity contribution in [1.82, 2.24) is 0 Å². The maximum absolute atomic E-state index is 10.2. The van der Waals surface area contributed by atoms with Crippen molar-refractivity contribution in [3.63, 3.8) is 0 Å². The van der Waals surface area contributed by atoms with Gasteiger partial charge in [0.2, 0.25) is 0 Å². The molecule has 1 unspecified atom stereocenters. The van der Waals surface area contributed by atoms with Gasteiger partial charge in [0.15, 0.2) is 0 Å². The fourth-order valence-corrected chi connectivity index (χ4v) is 1.23. The normalized spacial score (nSPS) is 11.5. The third-order valence-corrected chi connectivity index (χ3v) is 1.77. The zero-order valence-corrected chi connectivity index (χ0v) is 10.0. The van der Waals surface area contributed by atoms with Crippen LogP contribution in [0.5, 0.6) is 0 Å². The van der Waals surface area contributed by atoms with Crippen molar-refractivity contribution in [3.05, 3.63) is 29.8 Å². The minimum atomic E-state index is -2.34. The van der Waals surface area contributed by atoms with Crippen molar-refractivity contribution in [2.24, 2.45) is 0 Å². The van der Waals surface area contributed by atoms with E-state index in [4.69, 9.17) is 5.11 Å². The van der Waals surface area contributed by atoms with E-state index in [1.165, 1.54) is 0 Å². The molecule has 1 aromatic rings. The van der Waals surface area contributed by atoms with Gasteiger partial charge in [0, 0.05) is 46.4 Å². The summed E-state index contributed by atoms with van der Waals surface area (Å²) in [5.41, 5.74) is 0.968. The van der Waals surface area contributed by atoms with Crippen LogP contribution < -0.4 is 4.72 Å². The topological polar surface area (TPSA) is 72.4 Å². The minimum Gasteiger partial charge on any atom is -0.755 e. The van der Waals surface area contributed by atoms with Gasteiger partial charge in [-0.3, -0.25) is 4.21 Å². The monoisotopic (exact) mass is 209 g/mol. The number of aliphatic hydroxyl groups excluding tert-OH is 1. The Bertz CT molecular complexity index is 295. The summed E-state index contributed by atoms with van der Waals surface area (Å²) in [5.74, 6) is 0. The van der Waals surface area contributed by atoms with E-state index in [0.29, 0.717) is 11.3 Å². The molecule has 0 saturated carbocycles. The Hall–Kier alpha value is 0.0900. The summed E-state index contributed by atoms with van der Waals surface area (Å²) in [5, 5.41) is 8.79. The van der Waals surface area contributed by atoms with Crippen LogP contribution in [0.4, 0.5) is 5.69 Å². The van der Waals surface area contributed by atoms with Crippen LogP contribution in [0.1, 0.15) is 5.56 Å². The van der Waals surface area contributed by atoms with Crippen LogP contribution in [0.25, 0.3) is 0 Å². The first-order valence-corrected chi connectivity index (χ1v) is 4.36. The van der Waals surface area contributed by atoms with Gasteiger partial charge in [0.25, 0.3) is 0 Å². The average Bonchev–Trinajstić information content (AvgIpc) is 2.04. The summed E-state index contributed by atoms with van der Waals surface area (Å²) in [4.78, 5) is 0. The molecule has 1 atom stereocenters. The second kappa shape index (κ2) is 6.53. The predicted molar refractivity (Wildman–Crippen MR) is 50.7 cm³/mol. The molecule has 4 nitrogen and oxygen atoms in total. The molecule has 0 bridgehead atoms. The number of para-hydroxylation sites is 1. The number of aliphatic hydroxyl groups is 1. The Morgan fingerprint density at radius 1 is 1.46 bits per heavy atom. The van der Waals surface area contributed by atoms with Gasteiger partial charge in [0.1, 0.15) is 0 Å². The SMILES string of the molecule is O=S([O-])Nc1ccccc1CO.[Na]. The van der Waals surface area contributed by atoms with E-state index in [0.717, 1.165) is 0 Å². The smallest absolute Gasteiger partial charge is 0.0702 e. The van der Waals surface area contributed by atoms with Crippen LogP contribution in [0.2, 0.25) is 0 Å². The molecule has 0 aliphatic rings. The molecule has 0 saturated heterocycles. The molecule has 2 N–H and O–H groups in total. The van der Waals surface area contributed by atoms with E-state index in [2.05, 4.69) is 4.72 Å². The summed E-state index contributed by atoms with van der Waals surface area (Å²) >= 11 is -2.34. The van der Waals surface area contributed by atoms with Crippen molar-refractivity contribution in [3.8, 4) is 0 Å². The number of anilines is 1. The van der Waals surface area contributed by atoms with Crippen molar-refractivity contribution in [2.45, 2.75) is 6.61 Å². The molecule has 1 rings (SSSR count). The first kappa shape index (κ1) is 13.1. The van der Waals surface area contributed by atoms with Crippen LogP contribution in [0.15, 0.2) is 24.3 Å². The number of hydrogen-bond donors (Lipinski definition) is 2. The molecule has 1 aromatic carbocycles. The number of rotatable bonds is 3. The minimum absolute atomic E-state index is 0. The molecular formula is C7H8NNaO3S-. The second-order valence-electron chi connectivity index (χ2n) is 2.15. The summed E-state index contributed by atoms with van der Waals surface area (Å²) in [6.45, 7) is -0.180. The molecular weight excluding hydrogens is 201 g/mol. The average molecular weight is 209 g/mol. The van der Waals surface area contributed by atoms with Crippen molar-refractivity contribution >= 4 is 46.5 Å². The Labute approximate surface area is 101 Å². The van der Waals surface area contributed by atoms with Crippen LogP contribution in [-0.4, -0.2) is 43.4 Å². The summed E-state index contributed by atoms with van der Waals surface area (Å²) in [6, 6.07) is 6.65. The van der Waals surface area contributed by atoms with Gasteiger partial charge < -0.3 is 14.4 Å². The van der Waals surface area contributed by atoms with Gasteiger partial charge >= 0.3 is 0 Å². The molecule has 0 amide bonds. The van der Waals surface area contributed by atoms with Crippen molar-refractivity contribution in [1.29, 1.82) is 0 Å². The molecule has 0 aliphatic carbocycles. The Kier molecular flexibility index (Phi) is 6.58. The number of benzene rings is 1. The molecule has 0 spiro atoms. The molecule has 6 heteroatoms. The van der Waals surface area contributed by atoms with Gasteiger partial charge in [-0.2, -0.15) is 0 Å². The zero-order valence-electron chi connectivity index (χ0n) is 7.19. The van der Waals surface area contributed by atoms with Gasteiger partial charge in [-0.25, -0.2) is 0 Å². The largest absolute Gasteiger partial charge is 0.755 e. The van der Waals surface area contributed by atoms with Gasteiger partial charge in [-0.1, -0.05) is 18.2 Å². The predicted octanol–water partition coefficient (Wildman–Crippen LogP) is 0.00410.